The van der Waals surface area contributed by atoms with Gasteiger partial charge in [0.05, 0.1) is 0 Å². The first-order chi connectivity index (χ1) is 8.47. The van der Waals surface area contributed by atoms with E-state index in [1.165, 1.54) is 41.5 Å². The molecule has 0 radical (unpaired) electrons. The number of benzene rings is 1. The van der Waals surface area contributed by atoms with Crippen molar-refractivity contribution in [3.63, 3.8) is 0 Å². The Labute approximate surface area is 112 Å². The van der Waals surface area contributed by atoms with Crippen molar-refractivity contribution >= 4 is 0 Å². The van der Waals surface area contributed by atoms with Gasteiger partial charge in [0.2, 0.25) is 0 Å². The van der Waals surface area contributed by atoms with Gasteiger partial charge in [-0.25, -0.2) is 0 Å². The van der Waals surface area contributed by atoms with Crippen LogP contribution in [0.3, 0.4) is 0 Å². The average Bonchev–Trinajstić information content (AvgIpc) is 3.06. The van der Waals surface area contributed by atoms with Gasteiger partial charge in [-0.15, -0.1) is 0 Å². The molecule has 0 spiro atoms. The van der Waals surface area contributed by atoms with E-state index < -0.39 is 0 Å². The zero-order valence-electron chi connectivity index (χ0n) is 12.5. The van der Waals surface area contributed by atoms with E-state index in [2.05, 4.69) is 52.1 Å². The van der Waals surface area contributed by atoms with Crippen molar-refractivity contribution in [2.45, 2.75) is 66.0 Å². The highest BCUT2D eigenvalue weighted by atomic mass is 14.9. The van der Waals surface area contributed by atoms with Crippen LogP contribution in [0.4, 0.5) is 0 Å². The summed E-state index contributed by atoms with van der Waals surface area (Å²) in [5.74, 6) is 1.00. The molecule has 1 aromatic rings. The highest BCUT2D eigenvalue weighted by Gasteiger charge is 2.24. The predicted molar refractivity (Wildman–Crippen MR) is 79.0 cm³/mol. The molecule has 1 aliphatic rings. The third-order valence-electron chi connectivity index (χ3n) is 4.27. The van der Waals surface area contributed by atoms with E-state index in [0.717, 1.165) is 5.92 Å². The smallest absolute Gasteiger partial charge is 0.0296 e. The van der Waals surface area contributed by atoms with Gasteiger partial charge in [0.25, 0.3) is 0 Å². The molecule has 0 aromatic heterocycles. The Kier molecular flexibility index (Phi) is 4.11. The Bertz CT molecular complexity index is 418. The lowest BCUT2D eigenvalue weighted by Gasteiger charge is -2.22. The summed E-state index contributed by atoms with van der Waals surface area (Å²) in [7, 11) is 0. The van der Waals surface area contributed by atoms with Gasteiger partial charge in [-0.1, -0.05) is 25.0 Å². The number of aryl methyl sites for hydroxylation is 3. The van der Waals surface area contributed by atoms with E-state index in [1.807, 2.05) is 0 Å². The average molecular weight is 245 g/mol. The van der Waals surface area contributed by atoms with Crippen molar-refractivity contribution < 1.29 is 0 Å². The Morgan fingerprint density at radius 2 is 1.67 bits per heavy atom. The SMILES string of the molecule is Cc1cc(C)c(C(C)NC(C)CC2CC2)cc1C. The molecular formula is C17H27N. The number of nitrogens with one attached hydrogen (secondary N) is 1. The predicted octanol–water partition coefficient (Wildman–Crippen LogP) is 4.45. The molecule has 2 rings (SSSR count). The summed E-state index contributed by atoms with van der Waals surface area (Å²) >= 11 is 0. The van der Waals surface area contributed by atoms with Crippen molar-refractivity contribution in [3.05, 3.63) is 34.4 Å². The molecule has 1 aliphatic carbocycles. The molecule has 18 heavy (non-hydrogen) atoms. The first kappa shape index (κ1) is 13.6. The maximum atomic E-state index is 3.75. The van der Waals surface area contributed by atoms with Crippen molar-refractivity contribution in [1.82, 2.24) is 5.32 Å². The van der Waals surface area contributed by atoms with Crippen LogP contribution in [-0.2, 0) is 0 Å². The Hall–Kier alpha value is -0.820. The summed E-state index contributed by atoms with van der Waals surface area (Å²) in [4.78, 5) is 0. The van der Waals surface area contributed by atoms with Gasteiger partial charge < -0.3 is 5.32 Å². The van der Waals surface area contributed by atoms with E-state index >= 15 is 0 Å². The standard InChI is InChI=1S/C17H27N/c1-11-8-13(3)17(9-12(11)2)15(5)18-14(4)10-16-6-7-16/h8-9,14-16,18H,6-7,10H2,1-5H3. The van der Waals surface area contributed by atoms with Crippen LogP contribution in [0.5, 0.6) is 0 Å². The summed E-state index contributed by atoms with van der Waals surface area (Å²) in [6.45, 7) is 11.2. The minimum atomic E-state index is 0.457. The van der Waals surface area contributed by atoms with E-state index in [9.17, 15) is 0 Å². The van der Waals surface area contributed by atoms with Gasteiger partial charge in [-0.3, -0.25) is 0 Å². The van der Waals surface area contributed by atoms with Crippen LogP contribution in [0.1, 0.15) is 61.4 Å². The van der Waals surface area contributed by atoms with Crippen LogP contribution in [0.25, 0.3) is 0 Å². The fourth-order valence-corrected chi connectivity index (χ4v) is 2.89. The molecule has 0 bridgehead atoms. The first-order valence-corrected chi connectivity index (χ1v) is 7.31. The summed E-state index contributed by atoms with van der Waals surface area (Å²) < 4.78 is 0. The first-order valence-electron chi connectivity index (χ1n) is 7.31. The summed E-state index contributed by atoms with van der Waals surface area (Å²) in [6.07, 6.45) is 4.24. The molecule has 2 unspecified atom stereocenters. The molecule has 1 fully saturated rings. The fourth-order valence-electron chi connectivity index (χ4n) is 2.89. The van der Waals surface area contributed by atoms with Crippen LogP contribution < -0.4 is 5.32 Å². The fraction of sp³-hybridized carbons (Fsp3) is 0.647. The molecule has 0 heterocycles. The second kappa shape index (κ2) is 5.44. The van der Waals surface area contributed by atoms with E-state index in [-0.39, 0.29) is 0 Å². The lowest BCUT2D eigenvalue weighted by Crippen LogP contribution is -2.29. The molecule has 1 aromatic carbocycles. The van der Waals surface area contributed by atoms with Gasteiger partial charge in [0, 0.05) is 12.1 Å². The third kappa shape index (κ3) is 3.35. The molecule has 1 nitrogen and oxygen atoms in total. The quantitative estimate of drug-likeness (QED) is 0.808. The van der Waals surface area contributed by atoms with Crippen LogP contribution >= 0.6 is 0 Å². The van der Waals surface area contributed by atoms with Crippen LogP contribution in [-0.4, -0.2) is 6.04 Å². The zero-order chi connectivity index (χ0) is 13.3. The molecule has 1 heteroatoms. The monoisotopic (exact) mass is 245 g/mol. The highest BCUT2D eigenvalue weighted by molar-refractivity contribution is 5.38. The van der Waals surface area contributed by atoms with Crippen LogP contribution in [0.2, 0.25) is 0 Å². The molecule has 0 aliphatic heterocycles. The lowest BCUT2D eigenvalue weighted by molar-refractivity contribution is 0.437. The van der Waals surface area contributed by atoms with Crippen LogP contribution in [0, 0.1) is 26.7 Å². The summed E-state index contributed by atoms with van der Waals surface area (Å²) in [5, 5.41) is 3.75. The molecule has 2 atom stereocenters. The molecular weight excluding hydrogens is 218 g/mol. The number of rotatable bonds is 5. The van der Waals surface area contributed by atoms with Gasteiger partial charge in [0.1, 0.15) is 0 Å². The maximum Gasteiger partial charge on any atom is 0.0296 e. The summed E-state index contributed by atoms with van der Waals surface area (Å²) in [6, 6.07) is 5.76. The van der Waals surface area contributed by atoms with Gasteiger partial charge >= 0.3 is 0 Å². The van der Waals surface area contributed by atoms with Crippen molar-refractivity contribution in [3.8, 4) is 0 Å². The van der Waals surface area contributed by atoms with Crippen molar-refractivity contribution in [2.24, 2.45) is 5.92 Å². The highest BCUT2D eigenvalue weighted by Crippen LogP contribution is 2.34. The van der Waals surface area contributed by atoms with Crippen LogP contribution in [0.15, 0.2) is 12.1 Å². The summed E-state index contributed by atoms with van der Waals surface area (Å²) in [5.41, 5.74) is 5.67. The number of hydrogen-bond donors (Lipinski definition) is 1. The van der Waals surface area contributed by atoms with Gasteiger partial charge in [0.15, 0.2) is 0 Å². The molecule has 1 saturated carbocycles. The number of hydrogen-bond acceptors (Lipinski definition) is 1. The molecule has 1 N–H and O–H groups in total. The largest absolute Gasteiger partial charge is 0.308 e. The van der Waals surface area contributed by atoms with Crippen molar-refractivity contribution in [1.29, 1.82) is 0 Å². The lowest BCUT2D eigenvalue weighted by atomic mass is 9.96. The molecule has 0 saturated heterocycles. The molecule has 100 valence electrons. The van der Waals surface area contributed by atoms with E-state index in [4.69, 9.17) is 0 Å². The maximum absolute atomic E-state index is 3.75. The normalized spacial score (nSPS) is 18.7. The van der Waals surface area contributed by atoms with Gasteiger partial charge in [-0.05, 0) is 69.2 Å². The third-order valence-corrected chi connectivity index (χ3v) is 4.27. The minimum Gasteiger partial charge on any atom is -0.308 e. The zero-order valence-corrected chi connectivity index (χ0v) is 12.5. The van der Waals surface area contributed by atoms with Crippen molar-refractivity contribution in [2.75, 3.05) is 0 Å². The Morgan fingerprint density at radius 1 is 1.06 bits per heavy atom. The Balaban J connectivity index is 2.02. The molecule has 0 amide bonds. The van der Waals surface area contributed by atoms with Gasteiger partial charge in [-0.2, -0.15) is 0 Å². The second-order valence-corrected chi connectivity index (χ2v) is 6.26. The topological polar surface area (TPSA) is 12.0 Å². The van der Waals surface area contributed by atoms with E-state index in [1.54, 1.807) is 0 Å². The Morgan fingerprint density at radius 3 is 2.28 bits per heavy atom. The van der Waals surface area contributed by atoms with E-state index in [0.29, 0.717) is 12.1 Å². The second-order valence-electron chi connectivity index (χ2n) is 6.26. The minimum absolute atomic E-state index is 0.457.